The maximum absolute atomic E-state index is 12.6. The first-order valence-electron chi connectivity index (χ1n) is 8.39. The van der Waals surface area contributed by atoms with Crippen molar-refractivity contribution in [3.8, 4) is 5.75 Å². The zero-order valence-electron chi connectivity index (χ0n) is 15.0. The molecule has 0 radical (unpaired) electrons. The van der Waals surface area contributed by atoms with Crippen molar-refractivity contribution in [2.75, 3.05) is 18.1 Å². The lowest BCUT2D eigenvalue weighted by molar-refractivity contribution is -0.384. The number of hydrogen-bond acceptors (Lipinski definition) is 5. The van der Waals surface area contributed by atoms with Crippen LogP contribution in [-0.2, 0) is 9.59 Å². The Morgan fingerprint density at radius 1 is 1.15 bits per heavy atom. The summed E-state index contributed by atoms with van der Waals surface area (Å²) < 4.78 is 5.49. The van der Waals surface area contributed by atoms with Crippen LogP contribution in [0.25, 0.3) is 0 Å². The van der Waals surface area contributed by atoms with E-state index in [1.165, 1.54) is 29.2 Å². The maximum Gasteiger partial charge on any atom is 0.269 e. The molecule has 0 aliphatic rings. The Kier molecular flexibility index (Phi) is 6.87. The molecule has 0 aliphatic heterocycles. The molecule has 0 aromatic heterocycles. The summed E-state index contributed by atoms with van der Waals surface area (Å²) in [5.74, 6) is -0.251. The molecule has 0 spiro atoms. The van der Waals surface area contributed by atoms with Crippen LogP contribution >= 0.6 is 0 Å². The van der Waals surface area contributed by atoms with Gasteiger partial charge in [-0.1, -0.05) is 12.1 Å². The van der Waals surface area contributed by atoms with Crippen molar-refractivity contribution in [3.63, 3.8) is 0 Å². The fourth-order valence-corrected chi connectivity index (χ4v) is 2.47. The average Bonchev–Trinajstić information content (AvgIpc) is 2.62. The first kappa shape index (κ1) is 19.9. The van der Waals surface area contributed by atoms with Gasteiger partial charge in [0.1, 0.15) is 5.75 Å². The highest BCUT2D eigenvalue weighted by molar-refractivity contribution is 5.94. The van der Waals surface area contributed by atoms with Crippen LogP contribution in [0, 0.1) is 17.0 Å². The molecule has 142 valence electrons. The van der Waals surface area contributed by atoms with Crippen LogP contribution < -0.4 is 15.4 Å². The van der Waals surface area contributed by atoms with Gasteiger partial charge in [-0.2, -0.15) is 0 Å². The molecular weight excluding hydrogens is 350 g/mol. The molecule has 0 bridgehead atoms. The monoisotopic (exact) mass is 371 g/mol. The van der Waals surface area contributed by atoms with Crippen LogP contribution in [0.4, 0.5) is 11.4 Å². The maximum atomic E-state index is 12.6. The number of ether oxygens (including phenoxy) is 1. The number of non-ortho nitro benzene ring substituents is 1. The number of hydrogen-bond donors (Lipinski definition) is 1. The molecule has 0 aliphatic carbocycles. The van der Waals surface area contributed by atoms with Gasteiger partial charge >= 0.3 is 0 Å². The Bertz CT molecular complexity index is 820. The summed E-state index contributed by atoms with van der Waals surface area (Å²) in [4.78, 5) is 35.4. The molecule has 2 N–H and O–H groups in total. The number of aryl methyl sites for hydroxylation is 1. The van der Waals surface area contributed by atoms with E-state index in [4.69, 9.17) is 10.5 Å². The minimum Gasteiger partial charge on any atom is -0.493 e. The van der Waals surface area contributed by atoms with Crippen molar-refractivity contribution in [3.05, 3.63) is 64.2 Å². The highest BCUT2D eigenvalue weighted by atomic mass is 16.6. The number of amides is 2. The number of carbonyl (C=O) groups excluding carboxylic acids is 2. The first-order valence-corrected chi connectivity index (χ1v) is 8.39. The number of anilines is 1. The van der Waals surface area contributed by atoms with Crippen molar-refractivity contribution in [2.24, 2.45) is 5.73 Å². The van der Waals surface area contributed by atoms with Gasteiger partial charge in [0.2, 0.25) is 11.8 Å². The van der Waals surface area contributed by atoms with E-state index in [1.807, 2.05) is 25.1 Å². The summed E-state index contributed by atoms with van der Waals surface area (Å²) in [7, 11) is 0. The van der Waals surface area contributed by atoms with Crippen LogP contribution in [0.3, 0.4) is 0 Å². The van der Waals surface area contributed by atoms with E-state index in [2.05, 4.69) is 0 Å². The molecule has 0 heterocycles. The Hall–Kier alpha value is -3.42. The van der Waals surface area contributed by atoms with Crippen molar-refractivity contribution in [1.29, 1.82) is 0 Å². The number of nitro groups is 1. The van der Waals surface area contributed by atoms with Gasteiger partial charge in [-0.05, 0) is 36.8 Å². The second-order valence-corrected chi connectivity index (χ2v) is 5.95. The predicted molar refractivity (Wildman–Crippen MR) is 101 cm³/mol. The predicted octanol–water partition coefficient (Wildman–Crippen LogP) is 2.58. The van der Waals surface area contributed by atoms with Crippen molar-refractivity contribution in [1.82, 2.24) is 0 Å². The van der Waals surface area contributed by atoms with Crippen molar-refractivity contribution < 1.29 is 19.2 Å². The molecule has 2 aromatic rings. The number of rotatable bonds is 9. The highest BCUT2D eigenvalue weighted by Crippen LogP contribution is 2.19. The summed E-state index contributed by atoms with van der Waals surface area (Å²) in [6, 6.07) is 13.0. The number of nitrogens with two attached hydrogens (primary N) is 1. The smallest absolute Gasteiger partial charge is 0.269 e. The molecule has 27 heavy (non-hydrogen) atoms. The Balaban J connectivity index is 1.98. The fraction of sp³-hybridized carbons (Fsp3) is 0.263. The number of primary amides is 1. The lowest BCUT2D eigenvalue weighted by Crippen LogP contribution is -2.34. The van der Waals surface area contributed by atoms with E-state index in [1.54, 1.807) is 6.07 Å². The molecule has 0 atom stereocenters. The van der Waals surface area contributed by atoms with Crippen LogP contribution in [0.1, 0.15) is 18.4 Å². The molecule has 0 saturated carbocycles. The topological polar surface area (TPSA) is 116 Å². The molecule has 2 amide bonds. The van der Waals surface area contributed by atoms with E-state index in [9.17, 15) is 19.7 Å². The van der Waals surface area contributed by atoms with Crippen molar-refractivity contribution >= 4 is 23.2 Å². The van der Waals surface area contributed by atoms with Gasteiger partial charge in [-0.25, -0.2) is 0 Å². The zero-order valence-corrected chi connectivity index (χ0v) is 15.0. The van der Waals surface area contributed by atoms with E-state index in [-0.39, 0.29) is 37.6 Å². The van der Waals surface area contributed by atoms with Gasteiger partial charge in [0.25, 0.3) is 5.69 Å². The SMILES string of the molecule is Cc1cccc(N(CCC(N)=O)C(=O)CCOc2ccc([N+](=O)[O-])cc2)c1. The lowest BCUT2D eigenvalue weighted by atomic mass is 10.2. The van der Waals surface area contributed by atoms with E-state index in [0.29, 0.717) is 11.4 Å². The van der Waals surface area contributed by atoms with Gasteiger partial charge in [0.15, 0.2) is 0 Å². The van der Waals surface area contributed by atoms with Crippen molar-refractivity contribution in [2.45, 2.75) is 19.8 Å². The summed E-state index contributed by atoms with van der Waals surface area (Å²) in [5, 5.41) is 10.6. The number of carbonyl (C=O) groups is 2. The molecular formula is C19H21N3O5. The van der Waals surface area contributed by atoms with Gasteiger partial charge in [0.05, 0.1) is 18.0 Å². The Morgan fingerprint density at radius 2 is 1.85 bits per heavy atom. The average molecular weight is 371 g/mol. The summed E-state index contributed by atoms with van der Waals surface area (Å²) >= 11 is 0. The third-order valence-corrected chi connectivity index (χ3v) is 3.83. The zero-order chi connectivity index (χ0) is 19.8. The summed E-state index contributed by atoms with van der Waals surface area (Å²) in [5.41, 5.74) is 6.86. The molecule has 2 aromatic carbocycles. The van der Waals surface area contributed by atoms with E-state index < -0.39 is 10.8 Å². The second-order valence-electron chi connectivity index (χ2n) is 5.95. The molecule has 0 saturated heterocycles. The fourth-order valence-electron chi connectivity index (χ4n) is 2.47. The van der Waals surface area contributed by atoms with Gasteiger partial charge in [0, 0.05) is 30.8 Å². The van der Waals surface area contributed by atoms with E-state index >= 15 is 0 Å². The third kappa shape index (κ3) is 6.10. The minimum atomic E-state index is -0.494. The summed E-state index contributed by atoms with van der Waals surface area (Å²) in [6.45, 7) is 2.21. The molecule has 0 fully saturated rings. The quantitative estimate of drug-likeness (QED) is 0.537. The standard InChI is InChI=1S/C19H21N3O5/c1-14-3-2-4-16(13-14)21(11-9-18(20)23)19(24)10-12-27-17-7-5-15(6-8-17)22(25)26/h2-8,13H,9-12H2,1H3,(H2,20,23). The second kappa shape index (κ2) is 9.33. The van der Waals surface area contributed by atoms with Gasteiger partial charge in [-0.3, -0.25) is 19.7 Å². The number of benzene rings is 2. The normalized spacial score (nSPS) is 10.3. The Morgan fingerprint density at radius 3 is 2.44 bits per heavy atom. The number of nitro benzene ring substituents is 1. The minimum absolute atomic E-state index is 0.0319. The number of nitrogens with zero attached hydrogens (tertiary/aromatic N) is 2. The Labute approximate surface area is 156 Å². The van der Waals surface area contributed by atoms with Crippen LogP contribution in [0.15, 0.2) is 48.5 Å². The lowest BCUT2D eigenvalue weighted by Gasteiger charge is -2.23. The summed E-state index contributed by atoms with van der Waals surface area (Å²) in [6.07, 6.45) is 0.145. The highest BCUT2D eigenvalue weighted by Gasteiger charge is 2.17. The molecule has 2 rings (SSSR count). The molecule has 0 unspecified atom stereocenters. The van der Waals surface area contributed by atoms with Gasteiger partial charge in [-0.15, -0.1) is 0 Å². The third-order valence-electron chi connectivity index (χ3n) is 3.83. The largest absolute Gasteiger partial charge is 0.493 e. The molecule has 8 nitrogen and oxygen atoms in total. The van der Waals surface area contributed by atoms with Crippen LogP contribution in [0.5, 0.6) is 5.75 Å². The van der Waals surface area contributed by atoms with Gasteiger partial charge < -0.3 is 15.4 Å². The van der Waals surface area contributed by atoms with Crippen LogP contribution in [-0.4, -0.2) is 29.9 Å². The van der Waals surface area contributed by atoms with E-state index in [0.717, 1.165) is 5.56 Å². The van der Waals surface area contributed by atoms with Crippen LogP contribution in [0.2, 0.25) is 0 Å². The molecule has 8 heteroatoms. The first-order chi connectivity index (χ1) is 12.9.